The fraction of sp³-hybridized carbons (Fsp3) is 0.727. The lowest BCUT2D eigenvalue weighted by Gasteiger charge is -2.37. The molecule has 0 aliphatic rings. The van der Waals surface area contributed by atoms with E-state index < -0.39 is 8.32 Å². The van der Waals surface area contributed by atoms with Gasteiger partial charge in [-0.2, -0.15) is 0 Å². The average Bonchev–Trinajstić information content (AvgIpc) is 2.00. The Hall–Kier alpha value is -0.413. The van der Waals surface area contributed by atoms with E-state index in [1.807, 2.05) is 0 Å². The Morgan fingerprint density at radius 3 is 2.14 bits per heavy atom. The van der Waals surface area contributed by atoms with Crippen LogP contribution in [0, 0.1) is 0 Å². The van der Waals surface area contributed by atoms with Gasteiger partial charge in [0.25, 0.3) is 0 Å². The maximum atomic E-state index is 11.3. The molecule has 0 aliphatic carbocycles. The van der Waals surface area contributed by atoms with Crippen molar-refractivity contribution in [1.29, 1.82) is 0 Å². The van der Waals surface area contributed by atoms with Crippen molar-refractivity contribution in [2.24, 2.45) is 0 Å². The molecule has 0 spiro atoms. The van der Waals surface area contributed by atoms with E-state index in [4.69, 9.17) is 4.43 Å². The second-order valence-electron chi connectivity index (χ2n) is 5.13. The monoisotopic (exact) mass is 214 g/mol. The third kappa shape index (κ3) is 3.39. The summed E-state index contributed by atoms with van der Waals surface area (Å²) in [6.07, 6.45) is 0.978. The number of hydrogen-bond acceptors (Lipinski definition) is 2. The molecule has 0 unspecified atom stereocenters. The molecule has 0 saturated carbocycles. The van der Waals surface area contributed by atoms with E-state index in [1.165, 1.54) is 6.08 Å². The third-order valence-corrected chi connectivity index (χ3v) is 7.43. The molecule has 0 aromatic rings. The maximum absolute atomic E-state index is 11.3. The smallest absolute Gasteiger partial charge is 0.193 e. The average molecular weight is 214 g/mol. The molecule has 0 radical (unpaired) electrons. The number of carbonyl (C=O) groups is 1. The van der Waals surface area contributed by atoms with Crippen molar-refractivity contribution in [2.45, 2.75) is 51.9 Å². The van der Waals surface area contributed by atoms with Gasteiger partial charge in [0.15, 0.2) is 14.1 Å². The molecular weight excluding hydrogens is 192 g/mol. The molecule has 0 heterocycles. The van der Waals surface area contributed by atoms with E-state index in [-0.39, 0.29) is 16.9 Å². The van der Waals surface area contributed by atoms with Crippen LogP contribution in [0.3, 0.4) is 0 Å². The van der Waals surface area contributed by atoms with E-state index in [2.05, 4.69) is 40.4 Å². The Balaban J connectivity index is 4.52. The summed E-state index contributed by atoms with van der Waals surface area (Å²) in [5.41, 5.74) is 0. The first-order chi connectivity index (χ1) is 6.12. The third-order valence-electron chi connectivity index (χ3n) is 2.88. The van der Waals surface area contributed by atoms with Crippen LogP contribution in [0.25, 0.3) is 0 Å². The Labute approximate surface area is 88.5 Å². The van der Waals surface area contributed by atoms with Crippen LogP contribution >= 0.6 is 0 Å². The van der Waals surface area contributed by atoms with Gasteiger partial charge in [-0.3, -0.25) is 4.79 Å². The van der Waals surface area contributed by atoms with E-state index in [0.717, 1.165) is 0 Å². The molecule has 0 bridgehead atoms. The van der Waals surface area contributed by atoms with E-state index in [0.29, 0.717) is 0 Å². The fourth-order valence-electron chi connectivity index (χ4n) is 0.843. The lowest BCUT2D eigenvalue weighted by atomic mass is 10.2. The zero-order chi connectivity index (χ0) is 11.6. The Morgan fingerprint density at radius 1 is 1.43 bits per heavy atom. The van der Waals surface area contributed by atoms with Crippen LogP contribution < -0.4 is 0 Å². The second kappa shape index (κ2) is 4.40. The van der Waals surface area contributed by atoms with Crippen molar-refractivity contribution in [3.63, 3.8) is 0 Å². The Kier molecular flexibility index (Phi) is 4.27. The van der Waals surface area contributed by atoms with Crippen LogP contribution in [0.15, 0.2) is 12.7 Å². The van der Waals surface area contributed by atoms with Gasteiger partial charge in [-0.1, -0.05) is 27.4 Å². The summed E-state index contributed by atoms with van der Waals surface area (Å²) >= 11 is 0. The summed E-state index contributed by atoms with van der Waals surface area (Å²) in [5.74, 6) is -0.0326. The largest absolute Gasteiger partial charge is 0.407 e. The molecule has 0 aromatic heterocycles. The van der Waals surface area contributed by atoms with Gasteiger partial charge in [-0.15, -0.1) is 0 Å². The van der Waals surface area contributed by atoms with Gasteiger partial charge in [-0.25, -0.2) is 0 Å². The predicted molar refractivity (Wildman–Crippen MR) is 62.9 cm³/mol. The fourth-order valence-corrected chi connectivity index (χ4v) is 2.20. The van der Waals surface area contributed by atoms with Crippen LogP contribution in [-0.4, -0.2) is 20.2 Å². The normalized spacial score (nSPS) is 15.0. The molecule has 82 valence electrons. The van der Waals surface area contributed by atoms with Gasteiger partial charge in [-0.05, 0) is 31.1 Å². The van der Waals surface area contributed by atoms with Crippen molar-refractivity contribution in [3.05, 3.63) is 12.7 Å². The SMILES string of the molecule is C=CC(=O)[C@@H](C)O[Si](C)(C)C(C)(C)C. The molecule has 0 aliphatic heterocycles. The minimum atomic E-state index is -1.82. The second-order valence-corrected chi connectivity index (χ2v) is 9.88. The van der Waals surface area contributed by atoms with Gasteiger partial charge in [0.05, 0.1) is 0 Å². The highest BCUT2D eigenvalue weighted by atomic mass is 28.4. The Morgan fingerprint density at radius 2 is 1.86 bits per heavy atom. The highest BCUT2D eigenvalue weighted by Crippen LogP contribution is 2.37. The first-order valence-electron chi connectivity index (χ1n) is 4.96. The molecule has 14 heavy (non-hydrogen) atoms. The summed E-state index contributed by atoms with van der Waals surface area (Å²) in [4.78, 5) is 11.3. The van der Waals surface area contributed by atoms with Crippen molar-refractivity contribution in [3.8, 4) is 0 Å². The first-order valence-corrected chi connectivity index (χ1v) is 7.87. The summed E-state index contributed by atoms with van der Waals surface area (Å²) in [6, 6.07) is 0. The molecule has 0 rings (SSSR count). The predicted octanol–water partition coefficient (Wildman–Crippen LogP) is 3.15. The number of ketones is 1. The van der Waals surface area contributed by atoms with Crippen molar-refractivity contribution in [2.75, 3.05) is 0 Å². The lowest BCUT2D eigenvalue weighted by molar-refractivity contribution is -0.120. The topological polar surface area (TPSA) is 26.3 Å². The van der Waals surface area contributed by atoms with Gasteiger partial charge in [0.2, 0.25) is 0 Å². The van der Waals surface area contributed by atoms with Gasteiger partial charge in [0.1, 0.15) is 6.10 Å². The quantitative estimate of drug-likeness (QED) is 0.531. The van der Waals surface area contributed by atoms with Crippen molar-refractivity contribution >= 4 is 14.1 Å². The summed E-state index contributed by atoms with van der Waals surface area (Å²) < 4.78 is 5.87. The molecule has 0 aromatic carbocycles. The van der Waals surface area contributed by atoms with Crippen LogP contribution in [0.5, 0.6) is 0 Å². The summed E-state index contributed by atoms with van der Waals surface area (Å²) in [7, 11) is -1.82. The van der Waals surface area contributed by atoms with E-state index in [9.17, 15) is 4.79 Å². The van der Waals surface area contributed by atoms with Gasteiger partial charge < -0.3 is 4.43 Å². The number of carbonyl (C=O) groups excluding carboxylic acids is 1. The molecular formula is C11H22O2Si. The highest BCUT2D eigenvalue weighted by molar-refractivity contribution is 6.74. The molecule has 0 amide bonds. The zero-order valence-electron chi connectivity index (χ0n) is 10.2. The van der Waals surface area contributed by atoms with Crippen LogP contribution in [-0.2, 0) is 9.22 Å². The lowest BCUT2D eigenvalue weighted by Crippen LogP contribution is -2.44. The highest BCUT2D eigenvalue weighted by Gasteiger charge is 2.39. The molecule has 3 heteroatoms. The van der Waals surface area contributed by atoms with Gasteiger partial charge >= 0.3 is 0 Å². The Bertz CT molecular complexity index is 226. The molecule has 2 nitrogen and oxygen atoms in total. The first kappa shape index (κ1) is 13.6. The van der Waals surface area contributed by atoms with Gasteiger partial charge in [0, 0.05) is 0 Å². The molecule has 0 fully saturated rings. The standard InChI is InChI=1S/C11H22O2Si/c1-8-10(12)9(2)13-14(6,7)11(3,4)5/h8-9H,1H2,2-7H3/t9-/m1/s1. The summed E-state index contributed by atoms with van der Waals surface area (Å²) in [6.45, 7) is 16.0. The molecule has 1 atom stereocenters. The summed E-state index contributed by atoms with van der Waals surface area (Å²) in [5, 5.41) is 0.142. The minimum Gasteiger partial charge on any atom is -0.407 e. The van der Waals surface area contributed by atoms with Crippen molar-refractivity contribution < 1.29 is 9.22 Å². The number of hydrogen-bond donors (Lipinski definition) is 0. The maximum Gasteiger partial charge on any atom is 0.193 e. The zero-order valence-corrected chi connectivity index (χ0v) is 11.2. The minimum absolute atomic E-state index is 0.0326. The van der Waals surface area contributed by atoms with Crippen LogP contribution in [0.4, 0.5) is 0 Å². The van der Waals surface area contributed by atoms with E-state index >= 15 is 0 Å². The van der Waals surface area contributed by atoms with Crippen LogP contribution in [0.1, 0.15) is 27.7 Å². The van der Waals surface area contributed by atoms with Crippen LogP contribution in [0.2, 0.25) is 18.1 Å². The van der Waals surface area contributed by atoms with E-state index in [1.54, 1.807) is 6.92 Å². The number of rotatable bonds is 4. The molecule has 0 N–H and O–H groups in total. The molecule has 0 saturated heterocycles. The van der Waals surface area contributed by atoms with Crippen molar-refractivity contribution in [1.82, 2.24) is 0 Å².